The molecule has 0 aliphatic carbocycles. The molecular weight excluding hydrogens is 357 g/mol. The molecule has 1 aliphatic heterocycles. The quantitative estimate of drug-likeness (QED) is 0.108. The van der Waals surface area contributed by atoms with Gasteiger partial charge in [-0.05, 0) is 18.3 Å². The molecule has 13 heteroatoms. The zero-order valence-electron chi connectivity index (χ0n) is 12.4. The van der Waals surface area contributed by atoms with Crippen molar-refractivity contribution in [2.45, 2.75) is 5.92 Å². The summed E-state index contributed by atoms with van der Waals surface area (Å²) >= 11 is 5.14. The predicted octanol–water partition coefficient (Wildman–Crippen LogP) is -3.43. The van der Waals surface area contributed by atoms with Gasteiger partial charge >= 0.3 is 35.2 Å². The van der Waals surface area contributed by atoms with Crippen molar-refractivity contribution in [1.82, 2.24) is 15.0 Å². The van der Waals surface area contributed by atoms with E-state index in [1.807, 2.05) is 0 Å². The van der Waals surface area contributed by atoms with Gasteiger partial charge in [0.1, 0.15) is 5.92 Å². The Morgan fingerprint density at radius 2 is 1.96 bits per heavy atom. The molecule has 1 fully saturated rings. The van der Waals surface area contributed by atoms with E-state index in [1.54, 1.807) is 0 Å². The number of fused-ring (bicyclic) bond motifs is 1. The Morgan fingerprint density at radius 3 is 2.52 bits per heavy atom. The van der Waals surface area contributed by atoms with Crippen LogP contribution in [0.15, 0.2) is 12.1 Å². The molecule has 2 amide bonds. The Kier molecular flexibility index (Phi) is 4.91. The minimum atomic E-state index is -1.29. The number of carbonyl (C=O) groups is 2. The maximum Gasteiger partial charge on any atom is 1.00 e. The van der Waals surface area contributed by atoms with E-state index in [-0.39, 0.29) is 56.8 Å². The molecule has 0 unspecified atom stereocenters. The summed E-state index contributed by atoms with van der Waals surface area (Å²) in [5, 5.41) is 27.1. The largest absolute Gasteiger partial charge is 1.00 e. The van der Waals surface area contributed by atoms with Gasteiger partial charge in [-0.15, -0.1) is 0 Å². The van der Waals surface area contributed by atoms with Gasteiger partial charge < -0.3 is 17.3 Å². The monoisotopic (exact) mass is 363 g/mol. The van der Waals surface area contributed by atoms with Gasteiger partial charge in [0.05, 0.1) is 4.92 Å². The van der Waals surface area contributed by atoms with Crippen LogP contribution in [0.2, 0.25) is 0 Å². The third kappa shape index (κ3) is 2.90. The van der Waals surface area contributed by atoms with E-state index < -0.39 is 28.3 Å². The molecule has 1 aromatic heterocycles. The second-order valence-electron chi connectivity index (χ2n) is 4.30. The van der Waals surface area contributed by atoms with Crippen molar-refractivity contribution in [3.05, 3.63) is 33.0 Å². The Balaban J connectivity index is 0.00000144. The van der Waals surface area contributed by atoms with Crippen molar-refractivity contribution < 1.29 is 49.6 Å². The molecule has 3 rings (SSSR count). The van der Waals surface area contributed by atoms with Crippen LogP contribution in [-0.2, 0) is 9.59 Å². The number of nitro groups is 1. The van der Waals surface area contributed by atoms with E-state index in [2.05, 4.69) is 15.0 Å². The van der Waals surface area contributed by atoms with Crippen LogP contribution in [0.25, 0.3) is 11.0 Å². The first-order chi connectivity index (χ1) is 10.4. The summed E-state index contributed by atoms with van der Waals surface area (Å²) < 4.78 is 4.08. The number of rotatable bonds is 2. The van der Waals surface area contributed by atoms with Crippen LogP contribution in [0.5, 0.6) is 0 Å². The van der Waals surface area contributed by atoms with Crippen LogP contribution in [0.1, 0.15) is 12.9 Å². The van der Waals surface area contributed by atoms with Crippen LogP contribution in [0.4, 0.5) is 5.69 Å². The summed E-state index contributed by atoms with van der Waals surface area (Å²) in [5.74, 6) is -2.67. The van der Waals surface area contributed by atoms with Crippen LogP contribution >= 0.6 is 23.9 Å². The van der Waals surface area contributed by atoms with E-state index in [0.717, 1.165) is 6.07 Å². The van der Waals surface area contributed by atoms with E-state index in [0.29, 0.717) is 11.7 Å². The smallest absolute Gasteiger partial charge is 1.00 e. The molecule has 1 aromatic carbocycles. The maximum absolute atomic E-state index is 12.0. The van der Waals surface area contributed by atoms with Crippen molar-refractivity contribution in [1.29, 1.82) is 0 Å². The summed E-state index contributed by atoms with van der Waals surface area (Å²) in [5.41, 5.74) is -0.697. The summed E-state index contributed by atoms with van der Waals surface area (Å²) in [7, 11) is 0. The molecule has 0 radical (unpaired) electrons. The van der Waals surface area contributed by atoms with Gasteiger partial charge in [0.2, 0.25) is 17.3 Å². The summed E-state index contributed by atoms with van der Waals surface area (Å²) in [6, 6.07) is 2.30. The molecule has 1 aliphatic rings. The molecular formula is C10H6N5NaO5S2. The number of benzene rings is 1. The predicted molar refractivity (Wildman–Crippen MR) is 78.0 cm³/mol. The molecule has 2 N–H and O–H groups in total. The van der Waals surface area contributed by atoms with Crippen LogP contribution < -0.4 is 44.3 Å². The van der Waals surface area contributed by atoms with Crippen molar-refractivity contribution in [3.63, 3.8) is 0 Å². The van der Waals surface area contributed by atoms with Gasteiger partial charge in [-0.3, -0.25) is 19.7 Å². The molecule has 0 saturated carbocycles. The summed E-state index contributed by atoms with van der Waals surface area (Å²) in [6.45, 7) is 0. The molecule has 114 valence electrons. The molecule has 0 spiro atoms. The van der Waals surface area contributed by atoms with E-state index >= 15 is 0 Å². The Labute approximate surface area is 160 Å². The minimum absolute atomic E-state index is 0. The van der Waals surface area contributed by atoms with E-state index in [4.69, 9.17) is 12.2 Å². The van der Waals surface area contributed by atoms with Gasteiger partial charge in [0, 0.05) is 16.0 Å². The number of nitro benzene ring substituents is 1. The number of nitrogens with zero attached hydrogens (tertiary/aromatic N) is 3. The molecule has 1 saturated heterocycles. The second kappa shape index (κ2) is 6.41. The number of nitrogens with one attached hydrogen (secondary N) is 2. The fraction of sp³-hybridized carbons (Fsp3) is 0.100. The van der Waals surface area contributed by atoms with Gasteiger partial charge in [0.15, 0.2) is 5.11 Å². The number of hydrogen-bond donors (Lipinski definition) is 2. The number of aromatic nitrogens is 2. The Hall–Kier alpha value is -1.73. The first-order valence-electron chi connectivity index (χ1n) is 5.72. The molecule has 2 aromatic rings. The topological polar surface area (TPSA) is 141 Å². The van der Waals surface area contributed by atoms with Gasteiger partial charge in [-0.1, -0.05) is 0 Å². The standard InChI is InChI=1S/C10H5N5O5S2.Na.H/c16-8-5(9(17)12-10(21)11-8)3-1-2-4(14(18)19)7-6(3)13-22-15(7)20;;/h1-2,5H,(H2,11,12,16,17,21);;/q;+1;-1. The Morgan fingerprint density at radius 1 is 1.35 bits per heavy atom. The fourth-order valence-electron chi connectivity index (χ4n) is 2.16. The van der Waals surface area contributed by atoms with Crippen LogP contribution in [0.3, 0.4) is 0 Å². The van der Waals surface area contributed by atoms with Crippen LogP contribution in [0, 0.1) is 15.3 Å². The molecule has 10 nitrogen and oxygen atoms in total. The zero-order chi connectivity index (χ0) is 16.0. The van der Waals surface area contributed by atoms with Crippen molar-refractivity contribution >= 4 is 57.6 Å². The first-order valence-corrected chi connectivity index (χ1v) is 6.86. The van der Waals surface area contributed by atoms with Crippen molar-refractivity contribution in [2.75, 3.05) is 0 Å². The Bertz CT molecular complexity index is 855. The minimum Gasteiger partial charge on any atom is -1.00 e. The number of hydrogen-bond acceptors (Lipinski definition) is 8. The van der Waals surface area contributed by atoms with E-state index in [9.17, 15) is 24.9 Å². The third-order valence-electron chi connectivity index (χ3n) is 3.06. The molecule has 0 atom stereocenters. The molecule has 0 bridgehead atoms. The second-order valence-corrected chi connectivity index (χ2v) is 5.38. The maximum atomic E-state index is 12.0. The average Bonchev–Trinajstić information content (AvgIpc) is 2.80. The van der Waals surface area contributed by atoms with Crippen molar-refractivity contribution in [2.24, 2.45) is 0 Å². The van der Waals surface area contributed by atoms with Gasteiger partial charge in [-0.25, -0.2) is 0 Å². The van der Waals surface area contributed by atoms with Crippen molar-refractivity contribution in [3.8, 4) is 0 Å². The number of amides is 2. The van der Waals surface area contributed by atoms with E-state index in [1.165, 1.54) is 6.07 Å². The normalized spacial score (nSPS) is 15.0. The summed E-state index contributed by atoms with van der Waals surface area (Å²) in [6.07, 6.45) is 0. The summed E-state index contributed by atoms with van der Waals surface area (Å²) in [4.78, 5) is 34.2. The SMILES string of the molecule is O=C1NC(=S)NC(=O)C1c1ccc([N+](=O)[O-])c2c1ns[n+]2[O-].[H-].[Na+]. The number of carbonyl (C=O) groups excluding carboxylic acids is 2. The average molecular weight is 363 g/mol. The van der Waals surface area contributed by atoms with Gasteiger partial charge in [-0.2, -0.15) is 4.12 Å². The molecule has 2 heterocycles. The molecule has 23 heavy (non-hydrogen) atoms. The van der Waals surface area contributed by atoms with Gasteiger partial charge in [0.25, 0.3) is 17.2 Å². The zero-order valence-corrected chi connectivity index (χ0v) is 15.1. The number of non-ortho nitro benzene ring substituents is 1. The van der Waals surface area contributed by atoms with Crippen LogP contribution in [-0.4, -0.2) is 26.2 Å². The fourth-order valence-corrected chi connectivity index (χ4v) is 2.97. The third-order valence-corrected chi connectivity index (χ3v) is 3.85. The number of thiocarbonyl (C=S) groups is 1. The first kappa shape index (κ1) is 17.6.